The SMILES string of the molecule is CCOC(=O)c1cnn(-c2ccc(Cl)cc2C(=O)c2ccccc2F)c1CBr. The van der Waals surface area contributed by atoms with E-state index in [9.17, 15) is 14.0 Å². The number of nitrogens with zero attached hydrogens (tertiary/aromatic N) is 2. The zero-order valence-electron chi connectivity index (χ0n) is 14.8. The maximum Gasteiger partial charge on any atom is 0.341 e. The number of rotatable bonds is 6. The Balaban J connectivity index is 2.16. The topological polar surface area (TPSA) is 61.2 Å². The number of esters is 1. The van der Waals surface area contributed by atoms with Crippen molar-refractivity contribution in [2.75, 3.05) is 6.61 Å². The first-order valence-corrected chi connectivity index (χ1v) is 9.87. The summed E-state index contributed by atoms with van der Waals surface area (Å²) >= 11 is 9.44. The highest BCUT2D eigenvalue weighted by Gasteiger charge is 2.23. The van der Waals surface area contributed by atoms with Crippen LogP contribution in [-0.2, 0) is 10.1 Å². The van der Waals surface area contributed by atoms with Gasteiger partial charge < -0.3 is 4.74 Å². The lowest BCUT2D eigenvalue weighted by atomic mass is 10.0. The molecule has 0 saturated heterocycles. The fraction of sp³-hybridized carbons (Fsp3) is 0.150. The van der Waals surface area contributed by atoms with Gasteiger partial charge in [0.05, 0.1) is 29.7 Å². The van der Waals surface area contributed by atoms with Crippen LogP contribution in [0.5, 0.6) is 0 Å². The van der Waals surface area contributed by atoms with Gasteiger partial charge in [0.2, 0.25) is 0 Å². The molecular weight excluding hydrogens is 451 g/mol. The van der Waals surface area contributed by atoms with Crippen LogP contribution >= 0.6 is 27.5 Å². The summed E-state index contributed by atoms with van der Waals surface area (Å²) in [6, 6.07) is 10.4. The van der Waals surface area contributed by atoms with Crippen molar-refractivity contribution in [1.29, 1.82) is 0 Å². The summed E-state index contributed by atoms with van der Waals surface area (Å²) < 4.78 is 20.7. The summed E-state index contributed by atoms with van der Waals surface area (Å²) in [4.78, 5) is 25.2. The van der Waals surface area contributed by atoms with Gasteiger partial charge in [-0.3, -0.25) is 4.79 Å². The van der Waals surface area contributed by atoms with Crippen LogP contribution in [0.25, 0.3) is 5.69 Å². The van der Waals surface area contributed by atoms with Crippen molar-refractivity contribution in [2.45, 2.75) is 12.3 Å². The van der Waals surface area contributed by atoms with Gasteiger partial charge in [-0.15, -0.1) is 0 Å². The number of ketones is 1. The minimum Gasteiger partial charge on any atom is -0.462 e. The first kappa shape index (κ1) is 20.2. The Bertz CT molecular complexity index is 1050. The number of hydrogen-bond donors (Lipinski definition) is 0. The Hall–Kier alpha value is -2.51. The first-order valence-electron chi connectivity index (χ1n) is 8.37. The Morgan fingerprint density at radius 3 is 2.61 bits per heavy atom. The Kier molecular flexibility index (Phi) is 6.26. The van der Waals surface area contributed by atoms with Gasteiger partial charge in [0.1, 0.15) is 11.4 Å². The summed E-state index contributed by atoms with van der Waals surface area (Å²) in [5, 5.41) is 4.86. The normalized spacial score (nSPS) is 10.7. The van der Waals surface area contributed by atoms with Gasteiger partial charge >= 0.3 is 5.97 Å². The highest BCUT2D eigenvalue weighted by atomic mass is 79.9. The molecule has 144 valence electrons. The molecule has 0 aliphatic heterocycles. The molecule has 2 aromatic carbocycles. The van der Waals surface area contributed by atoms with E-state index in [4.69, 9.17) is 16.3 Å². The van der Waals surface area contributed by atoms with E-state index in [-0.39, 0.29) is 28.6 Å². The summed E-state index contributed by atoms with van der Waals surface area (Å²) in [5.74, 6) is -1.68. The lowest BCUT2D eigenvalue weighted by Gasteiger charge is -2.13. The zero-order chi connectivity index (χ0) is 20.3. The van der Waals surface area contributed by atoms with Crippen molar-refractivity contribution >= 4 is 39.3 Å². The van der Waals surface area contributed by atoms with Gasteiger partial charge in [-0.2, -0.15) is 5.10 Å². The monoisotopic (exact) mass is 464 g/mol. The van der Waals surface area contributed by atoms with Crippen LogP contribution < -0.4 is 0 Å². The van der Waals surface area contributed by atoms with Crippen LogP contribution in [0.1, 0.15) is 38.9 Å². The van der Waals surface area contributed by atoms with Gasteiger partial charge in [-0.25, -0.2) is 13.9 Å². The maximum absolute atomic E-state index is 14.2. The third kappa shape index (κ3) is 3.86. The Morgan fingerprint density at radius 2 is 1.93 bits per heavy atom. The van der Waals surface area contributed by atoms with E-state index in [2.05, 4.69) is 21.0 Å². The minimum atomic E-state index is -0.633. The Morgan fingerprint density at radius 1 is 1.18 bits per heavy atom. The minimum absolute atomic E-state index is 0.0795. The number of benzene rings is 2. The van der Waals surface area contributed by atoms with Crippen molar-refractivity contribution in [3.63, 3.8) is 0 Å². The van der Waals surface area contributed by atoms with E-state index in [0.29, 0.717) is 16.4 Å². The lowest BCUT2D eigenvalue weighted by Crippen LogP contribution is -2.13. The van der Waals surface area contributed by atoms with Gasteiger partial charge in [-0.05, 0) is 37.3 Å². The highest BCUT2D eigenvalue weighted by molar-refractivity contribution is 9.08. The van der Waals surface area contributed by atoms with Gasteiger partial charge in [-0.1, -0.05) is 39.7 Å². The molecule has 0 atom stereocenters. The van der Waals surface area contributed by atoms with E-state index in [1.807, 2.05) is 0 Å². The van der Waals surface area contributed by atoms with Crippen molar-refractivity contribution in [3.8, 4) is 5.69 Å². The molecule has 0 N–H and O–H groups in total. The summed E-state index contributed by atoms with van der Waals surface area (Å²) in [6.45, 7) is 1.93. The van der Waals surface area contributed by atoms with Crippen LogP contribution in [0.4, 0.5) is 4.39 Å². The van der Waals surface area contributed by atoms with E-state index in [1.165, 1.54) is 35.1 Å². The second-order valence-corrected chi connectivity index (χ2v) is 6.74. The van der Waals surface area contributed by atoms with Crippen LogP contribution in [0.3, 0.4) is 0 Å². The van der Waals surface area contributed by atoms with E-state index >= 15 is 0 Å². The smallest absolute Gasteiger partial charge is 0.341 e. The molecule has 28 heavy (non-hydrogen) atoms. The molecule has 5 nitrogen and oxygen atoms in total. The number of aromatic nitrogens is 2. The van der Waals surface area contributed by atoms with Gasteiger partial charge in [0.25, 0.3) is 0 Å². The highest BCUT2D eigenvalue weighted by Crippen LogP contribution is 2.26. The summed E-state index contributed by atoms with van der Waals surface area (Å²) in [5.41, 5.74) is 1.24. The molecule has 3 rings (SSSR count). The van der Waals surface area contributed by atoms with Crippen molar-refractivity contribution < 1.29 is 18.7 Å². The molecule has 0 unspecified atom stereocenters. The van der Waals surface area contributed by atoms with Crippen molar-refractivity contribution in [2.24, 2.45) is 0 Å². The second kappa shape index (κ2) is 8.67. The molecule has 0 radical (unpaired) electrons. The van der Waals surface area contributed by atoms with Gasteiger partial charge in [0.15, 0.2) is 5.78 Å². The quantitative estimate of drug-likeness (QED) is 0.293. The van der Waals surface area contributed by atoms with Crippen LogP contribution in [0.15, 0.2) is 48.7 Å². The number of hydrogen-bond acceptors (Lipinski definition) is 4. The Labute approximate surface area is 174 Å². The molecule has 0 aliphatic rings. The first-order chi connectivity index (χ1) is 13.5. The standard InChI is InChI=1S/C20H15BrClFN2O3/c1-2-28-20(27)15-11-24-25(18(15)10-21)17-8-7-12(22)9-14(17)19(26)13-5-3-4-6-16(13)23/h3-9,11H,2,10H2,1H3. The predicted molar refractivity (Wildman–Crippen MR) is 107 cm³/mol. The lowest BCUT2D eigenvalue weighted by molar-refractivity contribution is 0.0525. The maximum atomic E-state index is 14.2. The molecule has 1 heterocycles. The number of halogens is 3. The average molecular weight is 466 g/mol. The molecule has 0 saturated carbocycles. The largest absolute Gasteiger partial charge is 0.462 e. The molecule has 3 aromatic rings. The molecular formula is C20H15BrClFN2O3. The fourth-order valence-corrected chi connectivity index (χ4v) is 3.47. The second-order valence-electron chi connectivity index (χ2n) is 5.74. The molecule has 0 bridgehead atoms. The molecule has 0 aliphatic carbocycles. The predicted octanol–water partition coefficient (Wildman–Crippen LogP) is 4.97. The van der Waals surface area contributed by atoms with E-state index in [0.717, 1.165) is 0 Å². The fourth-order valence-electron chi connectivity index (χ4n) is 2.75. The molecule has 0 fully saturated rings. The van der Waals surface area contributed by atoms with Crippen LogP contribution in [-0.4, -0.2) is 28.1 Å². The molecule has 0 amide bonds. The third-order valence-electron chi connectivity index (χ3n) is 4.04. The number of ether oxygens (including phenoxy) is 1. The number of carbonyl (C=O) groups excluding carboxylic acids is 2. The summed E-state index contributed by atoms with van der Waals surface area (Å²) in [7, 11) is 0. The van der Waals surface area contributed by atoms with Crippen LogP contribution in [0.2, 0.25) is 5.02 Å². The van der Waals surface area contributed by atoms with Gasteiger partial charge in [0, 0.05) is 15.9 Å². The van der Waals surface area contributed by atoms with E-state index in [1.54, 1.807) is 25.1 Å². The van der Waals surface area contributed by atoms with Crippen molar-refractivity contribution in [1.82, 2.24) is 9.78 Å². The molecule has 8 heteroatoms. The number of alkyl halides is 1. The average Bonchev–Trinajstić information content (AvgIpc) is 3.12. The molecule has 1 aromatic heterocycles. The summed E-state index contributed by atoms with van der Waals surface area (Å²) in [6.07, 6.45) is 1.38. The van der Waals surface area contributed by atoms with Crippen LogP contribution in [0, 0.1) is 5.82 Å². The molecule has 0 spiro atoms. The number of carbonyl (C=O) groups is 2. The zero-order valence-corrected chi connectivity index (χ0v) is 17.1. The third-order valence-corrected chi connectivity index (χ3v) is 4.81. The van der Waals surface area contributed by atoms with Crippen molar-refractivity contribution in [3.05, 3.63) is 81.9 Å². The van der Waals surface area contributed by atoms with E-state index < -0.39 is 17.6 Å².